The van der Waals surface area contributed by atoms with E-state index in [9.17, 15) is 4.79 Å². The topological polar surface area (TPSA) is 122 Å². The Morgan fingerprint density at radius 1 is 1.69 bits per heavy atom. The van der Waals surface area contributed by atoms with Gasteiger partial charge in [0, 0.05) is 0 Å². The van der Waals surface area contributed by atoms with E-state index in [0.29, 0.717) is 19.4 Å². The molecular formula is C7H17N3O3. The normalized spacial score (nSPS) is 17.8. The fraction of sp³-hybridized carbons (Fsp3) is 0.857. The second-order valence-electron chi connectivity index (χ2n) is 3.16. The predicted molar refractivity (Wildman–Crippen MR) is 47.7 cm³/mol. The molecule has 0 amide bonds. The lowest BCUT2D eigenvalue weighted by molar-refractivity contribution is -0.138. The Labute approximate surface area is 76.9 Å². The average Bonchev–Trinajstić information content (AvgIpc) is 1.95. The number of rotatable bonds is 6. The summed E-state index contributed by atoms with van der Waals surface area (Å²) in [6, 6.07) is -0.843. The lowest BCUT2D eigenvalue weighted by Gasteiger charge is -2.19. The van der Waals surface area contributed by atoms with Gasteiger partial charge in [0.15, 0.2) is 5.85 Å². The molecule has 0 aliphatic rings. The second-order valence-corrected chi connectivity index (χ2v) is 3.16. The van der Waals surface area contributed by atoms with Gasteiger partial charge in [0.1, 0.15) is 6.04 Å². The quantitative estimate of drug-likeness (QED) is 0.254. The molecule has 2 atom stereocenters. The molecular weight excluding hydrogens is 174 g/mol. The number of nitrogens with one attached hydrogen (secondary N) is 1. The molecule has 7 N–H and O–H groups in total. The third-order valence-electron chi connectivity index (χ3n) is 1.49. The monoisotopic (exact) mass is 191 g/mol. The Kier molecular flexibility index (Phi) is 4.86. The van der Waals surface area contributed by atoms with Gasteiger partial charge in [-0.05, 0) is 26.3 Å². The molecule has 0 radical (unpaired) electrons. The summed E-state index contributed by atoms with van der Waals surface area (Å²) in [4.78, 5) is 10.3. The highest BCUT2D eigenvalue weighted by molar-refractivity contribution is 5.72. The van der Waals surface area contributed by atoms with Crippen LogP contribution in [0.25, 0.3) is 0 Å². The molecule has 0 fully saturated rings. The van der Waals surface area contributed by atoms with Gasteiger partial charge < -0.3 is 15.9 Å². The van der Waals surface area contributed by atoms with Crippen LogP contribution in [0.4, 0.5) is 0 Å². The number of carboxylic acids is 1. The molecule has 6 nitrogen and oxygen atoms in total. The van der Waals surface area contributed by atoms with Crippen molar-refractivity contribution in [2.45, 2.75) is 31.7 Å². The molecule has 0 spiro atoms. The van der Waals surface area contributed by atoms with Gasteiger partial charge in [-0.1, -0.05) is 0 Å². The highest BCUT2D eigenvalue weighted by Gasteiger charge is 2.13. The summed E-state index contributed by atoms with van der Waals surface area (Å²) in [6.45, 7) is 1.84. The standard InChI is InChI=1S/C7H17N3O3/c1-7(9,13)10-4-2-3-5(8)6(11)12/h5,10,13H,2-4,8-9H2,1H3,(H,11,12)/t5-,7?/m0/s1. The lowest BCUT2D eigenvalue weighted by atomic mass is 10.2. The maximum absolute atomic E-state index is 10.3. The van der Waals surface area contributed by atoms with Crippen LogP contribution >= 0.6 is 0 Å². The molecule has 0 heterocycles. The fourth-order valence-corrected chi connectivity index (χ4v) is 0.787. The van der Waals surface area contributed by atoms with Gasteiger partial charge in [-0.3, -0.25) is 15.8 Å². The Morgan fingerprint density at radius 3 is 2.62 bits per heavy atom. The van der Waals surface area contributed by atoms with Gasteiger partial charge in [0.05, 0.1) is 0 Å². The largest absolute Gasteiger partial charge is 0.480 e. The molecule has 0 aliphatic heterocycles. The summed E-state index contributed by atoms with van der Waals surface area (Å²) in [5.74, 6) is -2.42. The van der Waals surface area contributed by atoms with Crippen LogP contribution in [0.2, 0.25) is 0 Å². The van der Waals surface area contributed by atoms with Gasteiger partial charge in [0.2, 0.25) is 0 Å². The average molecular weight is 191 g/mol. The molecule has 0 rings (SSSR count). The van der Waals surface area contributed by atoms with Crippen LogP contribution in [0, 0.1) is 0 Å². The maximum Gasteiger partial charge on any atom is 0.320 e. The molecule has 0 aliphatic carbocycles. The van der Waals surface area contributed by atoms with Crippen molar-refractivity contribution in [1.29, 1.82) is 0 Å². The van der Waals surface area contributed by atoms with Crippen molar-refractivity contribution in [2.24, 2.45) is 11.5 Å². The second kappa shape index (κ2) is 5.13. The summed E-state index contributed by atoms with van der Waals surface area (Å²) >= 11 is 0. The van der Waals surface area contributed by atoms with Crippen molar-refractivity contribution in [2.75, 3.05) is 6.54 Å². The highest BCUT2D eigenvalue weighted by atomic mass is 16.4. The van der Waals surface area contributed by atoms with Crippen LogP contribution < -0.4 is 16.8 Å². The molecule has 13 heavy (non-hydrogen) atoms. The van der Waals surface area contributed by atoms with Crippen molar-refractivity contribution >= 4 is 5.97 Å². The summed E-state index contributed by atoms with van der Waals surface area (Å²) in [7, 11) is 0. The van der Waals surface area contributed by atoms with Crippen molar-refractivity contribution < 1.29 is 15.0 Å². The summed E-state index contributed by atoms with van der Waals surface area (Å²) in [5, 5.41) is 20.0. The van der Waals surface area contributed by atoms with Crippen molar-refractivity contribution in [3.63, 3.8) is 0 Å². The number of hydrogen-bond donors (Lipinski definition) is 5. The minimum Gasteiger partial charge on any atom is -0.480 e. The van der Waals surface area contributed by atoms with Crippen LogP contribution in [0.15, 0.2) is 0 Å². The first kappa shape index (κ1) is 12.3. The molecule has 6 heteroatoms. The van der Waals surface area contributed by atoms with Crippen LogP contribution in [0.5, 0.6) is 0 Å². The first-order valence-corrected chi connectivity index (χ1v) is 4.07. The minimum atomic E-state index is -1.41. The van der Waals surface area contributed by atoms with Gasteiger partial charge in [-0.2, -0.15) is 0 Å². The molecule has 0 aromatic rings. The van der Waals surface area contributed by atoms with E-state index in [1.807, 2.05) is 0 Å². The van der Waals surface area contributed by atoms with Crippen molar-refractivity contribution in [1.82, 2.24) is 5.32 Å². The maximum atomic E-state index is 10.3. The predicted octanol–water partition coefficient (Wildman–Crippen LogP) is -1.61. The SMILES string of the molecule is CC(N)(O)NCCC[C@H](N)C(=O)O. The minimum absolute atomic E-state index is 0.360. The van der Waals surface area contributed by atoms with Crippen molar-refractivity contribution in [3.05, 3.63) is 0 Å². The van der Waals surface area contributed by atoms with E-state index in [1.165, 1.54) is 6.92 Å². The van der Waals surface area contributed by atoms with Gasteiger partial charge in [-0.25, -0.2) is 0 Å². The molecule has 0 aromatic carbocycles. The highest BCUT2D eigenvalue weighted by Crippen LogP contribution is 1.94. The molecule has 0 saturated carbocycles. The smallest absolute Gasteiger partial charge is 0.320 e. The van der Waals surface area contributed by atoms with E-state index in [4.69, 9.17) is 21.7 Å². The Morgan fingerprint density at radius 2 is 2.23 bits per heavy atom. The zero-order valence-electron chi connectivity index (χ0n) is 7.66. The van der Waals surface area contributed by atoms with Crippen LogP contribution in [-0.4, -0.2) is 34.6 Å². The van der Waals surface area contributed by atoms with Gasteiger partial charge in [0.25, 0.3) is 0 Å². The Hall–Kier alpha value is -0.690. The summed E-state index contributed by atoms with van der Waals surface area (Å²) in [6.07, 6.45) is 0.916. The number of carboxylic acid groups (broad SMARTS) is 1. The third kappa shape index (κ3) is 7.66. The number of aliphatic hydroxyl groups is 1. The van der Waals surface area contributed by atoms with E-state index >= 15 is 0 Å². The molecule has 0 bridgehead atoms. The number of carbonyl (C=O) groups is 1. The van der Waals surface area contributed by atoms with E-state index < -0.39 is 17.9 Å². The van der Waals surface area contributed by atoms with Crippen LogP contribution in [0.1, 0.15) is 19.8 Å². The molecule has 0 saturated heterocycles. The van der Waals surface area contributed by atoms with Crippen LogP contribution in [-0.2, 0) is 4.79 Å². The van der Waals surface area contributed by atoms with E-state index in [0.717, 1.165) is 0 Å². The van der Waals surface area contributed by atoms with E-state index in [-0.39, 0.29) is 0 Å². The molecule has 78 valence electrons. The van der Waals surface area contributed by atoms with Crippen LogP contribution in [0.3, 0.4) is 0 Å². The van der Waals surface area contributed by atoms with E-state index in [1.54, 1.807) is 0 Å². The number of hydrogen-bond acceptors (Lipinski definition) is 5. The zero-order chi connectivity index (χ0) is 10.5. The van der Waals surface area contributed by atoms with Gasteiger partial charge in [-0.15, -0.1) is 0 Å². The zero-order valence-corrected chi connectivity index (χ0v) is 7.66. The Balaban J connectivity index is 3.41. The molecule has 1 unspecified atom stereocenters. The fourth-order valence-electron chi connectivity index (χ4n) is 0.787. The summed E-state index contributed by atoms with van der Waals surface area (Å²) < 4.78 is 0. The Bertz CT molecular complexity index is 167. The number of aliphatic carboxylic acids is 1. The molecule has 0 aromatic heterocycles. The van der Waals surface area contributed by atoms with E-state index in [2.05, 4.69) is 5.32 Å². The van der Waals surface area contributed by atoms with Gasteiger partial charge >= 0.3 is 5.97 Å². The third-order valence-corrected chi connectivity index (χ3v) is 1.49. The lowest BCUT2D eigenvalue weighted by Crippen LogP contribution is -2.51. The van der Waals surface area contributed by atoms with Crippen molar-refractivity contribution in [3.8, 4) is 0 Å². The summed E-state index contributed by atoms with van der Waals surface area (Å²) in [5.41, 5.74) is 10.5. The first-order chi connectivity index (χ1) is 5.83. The number of nitrogens with two attached hydrogens (primary N) is 2. The first-order valence-electron chi connectivity index (χ1n) is 4.07.